The Morgan fingerprint density at radius 1 is 0.338 bits per heavy atom. The lowest BCUT2D eigenvalue weighted by Crippen LogP contribution is -2.26. The Morgan fingerprint density at radius 2 is 0.892 bits per heavy atom. The van der Waals surface area contributed by atoms with Gasteiger partial charge in [0.1, 0.15) is 11.2 Å². The molecule has 0 saturated heterocycles. The lowest BCUT2D eigenvalue weighted by molar-refractivity contribution is 0.673. The normalized spacial score (nSPS) is 13.0. The first kappa shape index (κ1) is 36.1. The molecule has 2 nitrogen and oxygen atoms in total. The third-order valence-electron chi connectivity index (χ3n) is 14.3. The molecular formula is C63H39NO. The standard InChI is InChI=1S/C63H39NO/c1-2-18-40(19-3-1)42-22-14-23-43(38-42)64(57-36-17-35-56-61(57)51-29-10-13-34-55(51)63(56)53-32-11-8-25-46(53)47-26-9-12-33-54(47)63)58-39-52-60-49(45-30-15-21-41-20-4-5-24-44(41)45)31-16-37-59(60)65-62(52)50-28-7-6-27-48(50)58/h1-39H. The lowest BCUT2D eigenvalue weighted by atomic mass is 9.70. The highest BCUT2D eigenvalue weighted by Gasteiger charge is 2.52. The number of benzene rings is 11. The summed E-state index contributed by atoms with van der Waals surface area (Å²) in [5.74, 6) is 0. The van der Waals surface area contributed by atoms with Crippen molar-refractivity contribution >= 4 is 60.5 Å². The molecule has 0 amide bonds. The van der Waals surface area contributed by atoms with Crippen LogP contribution in [-0.2, 0) is 5.41 Å². The molecule has 0 unspecified atom stereocenters. The SMILES string of the molecule is c1ccc(-c2cccc(N(c3cccc4c3-c3ccccc3C43c4ccccc4-c4ccccc43)c3cc4c(oc5cccc(-c6cccc7ccccc67)c54)c4ccccc34)c2)cc1. The van der Waals surface area contributed by atoms with Gasteiger partial charge in [0.2, 0.25) is 0 Å². The smallest absolute Gasteiger partial charge is 0.143 e. The zero-order valence-electron chi connectivity index (χ0n) is 35.4. The minimum Gasteiger partial charge on any atom is -0.455 e. The molecule has 0 radical (unpaired) electrons. The van der Waals surface area contributed by atoms with E-state index in [-0.39, 0.29) is 0 Å². The highest BCUT2D eigenvalue weighted by Crippen LogP contribution is 2.65. The number of hydrogen-bond acceptors (Lipinski definition) is 2. The van der Waals surface area contributed by atoms with Crippen molar-refractivity contribution in [1.82, 2.24) is 0 Å². The third kappa shape index (κ3) is 4.99. The largest absolute Gasteiger partial charge is 0.455 e. The highest BCUT2D eigenvalue weighted by molar-refractivity contribution is 6.24. The fraction of sp³-hybridized carbons (Fsp3) is 0.0159. The van der Waals surface area contributed by atoms with Crippen molar-refractivity contribution in [2.24, 2.45) is 0 Å². The van der Waals surface area contributed by atoms with Crippen LogP contribution in [-0.4, -0.2) is 0 Å². The summed E-state index contributed by atoms with van der Waals surface area (Å²) < 4.78 is 6.99. The molecule has 1 spiro atoms. The van der Waals surface area contributed by atoms with E-state index < -0.39 is 5.41 Å². The molecular weight excluding hydrogens is 787 g/mol. The molecule has 0 N–H and O–H groups in total. The molecule has 1 aromatic heterocycles. The first-order valence-electron chi connectivity index (χ1n) is 22.5. The molecule has 12 aromatic rings. The van der Waals surface area contributed by atoms with Crippen molar-refractivity contribution in [2.75, 3.05) is 4.90 Å². The zero-order valence-corrected chi connectivity index (χ0v) is 35.4. The molecule has 1 heterocycles. The van der Waals surface area contributed by atoms with Crippen LogP contribution in [0.2, 0.25) is 0 Å². The van der Waals surface area contributed by atoms with Crippen LogP contribution in [0, 0.1) is 0 Å². The highest BCUT2D eigenvalue weighted by atomic mass is 16.3. The number of fused-ring (bicyclic) bond motifs is 16. The summed E-state index contributed by atoms with van der Waals surface area (Å²) in [6, 6.07) is 87.0. The van der Waals surface area contributed by atoms with Crippen LogP contribution >= 0.6 is 0 Å². The number of anilines is 3. The molecule has 2 aliphatic rings. The molecule has 0 bridgehead atoms. The molecule has 0 atom stereocenters. The monoisotopic (exact) mass is 825 g/mol. The van der Waals surface area contributed by atoms with E-state index in [1.54, 1.807) is 0 Å². The van der Waals surface area contributed by atoms with Crippen LogP contribution in [0.15, 0.2) is 241 Å². The maximum atomic E-state index is 6.99. The van der Waals surface area contributed by atoms with Crippen LogP contribution in [0.3, 0.4) is 0 Å². The summed E-state index contributed by atoms with van der Waals surface area (Å²) in [6.45, 7) is 0. The minimum atomic E-state index is -0.479. The average Bonchev–Trinajstić information content (AvgIpc) is 4.01. The Balaban J connectivity index is 1.11. The summed E-state index contributed by atoms with van der Waals surface area (Å²) in [5, 5.41) is 6.84. The Morgan fingerprint density at radius 3 is 1.69 bits per heavy atom. The van der Waals surface area contributed by atoms with Gasteiger partial charge in [-0.3, -0.25) is 0 Å². The molecule has 0 fully saturated rings. The van der Waals surface area contributed by atoms with Gasteiger partial charge in [-0.1, -0.05) is 206 Å². The third-order valence-corrected chi connectivity index (χ3v) is 14.3. The van der Waals surface area contributed by atoms with E-state index in [9.17, 15) is 0 Å². The van der Waals surface area contributed by atoms with E-state index >= 15 is 0 Å². The molecule has 11 aromatic carbocycles. The quantitative estimate of drug-likeness (QED) is 0.172. The van der Waals surface area contributed by atoms with Gasteiger partial charge in [0.15, 0.2) is 0 Å². The van der Waals surface area contributed by atoms with Gasteiger partial charge in [-0.2, -0.15) is 0 Å². The Hall–Kier alpha value is -8.46. The first-order valence-corrected chi connectivity index (χ1v) is 22.5. The van der Waals surface area contributed by atoms with Crippen molar-refractivity contribution in [3.05, 3.63) is 259 Å². The second kappa shape index (κ2) is 13.8. The second-order valence-corrected chi connectivity index (χ2v) is 17.5. The van der Waals surface area contributed by atoms with Crippen molar-refractivity contribution in [3.8, 4) is 44.5 Å². The maximum absolute atomic E-state index is 6.99. The average molecular weight is 826 g/mol. The predicted molar refractivity (Wildman–Crippen MR) is 271 cm³/mol. The molecule has 65 heavy (non-hydrogen) atoms. The van der Waals surface area contributed by atoms with E-state index in [0.29, 0.717) is 0 Å². The van der Waals surface area contributed by atoms with Gasteiger partial charge in [-0.25, -0.2) is 0 Å². The van der Waals surface area contributed by atoms with Crippen molar-refractivity contribution in [2.45, 2.75) is 5.41 Å². The van der Waals surface area contributed by atoms with Crippen molar-refractivity contribution in [3.63, 3.8) is 0 Å². The number of furan rings is 1. The summed E-state index contributed by atoms with van der Waals surface area (Å²) in [5.41, 5.74) is 19.7. The Bertz CT molecular complexity index is 3860. The van der Waals surface area contributed by atoms with E-state index in [4.69, 9.17) is 4.42 Å². The van der Waals surface area contributed by atoms with Crippen LogP contribution < -0.4 is 4.90 Å². The number of nitrogens with zero attached hydrogens (tertiary/aromatic N) is 1. The Labute approximate surface area is 376 Å². The van der Waals surface area contributed by atoms with Crippen LogP contribution in [0.1, 0.15) is 22.3 Å². The molecule has 302 valence electrons. The fourth-order valence-corrected chi connectivity index (χ4v) is 11.7. The second-order valence-electron chi connectivity index (χ2n) is 17.5. The molecule has 0 saturated carbocycles. The molecule has 0 aliphatic heterocycles. The van der Waals surface area contributed by atoms with Gasteiger partial charge in [0.25, 0.3) is 0 Å². The summed E-state index contributed by atoms with van der Waals surface area (Å²) in [7, 11) is 0. The summed E-state index contributed by atoms with van der Waals surface area (Å²) >= 11 is 0. The minimum absolute atomic E-state index is 0.479. The molecule has 2 aliphatic carbocycles. The number of rotatable bonds is 5. The summed E-state index contributed by atoms with van der Waals surface area (Å²) in [4.78, 5) is 2.54. The van der Waals surface area contributed by atoms with E-state index in [1.807, 2.05) is 0 Å². The van der Waals surface area contributed by atoms with Crippen LogP contribution in [0.5, 0.6) is 0 Å². The van der Waals surface area contributed by atoms with Gasteiger partial charge < -0.3 is 9.32 Å². The van der Waals surface area contributed by atoms with Gasteiger partial charge >= 0.3 is 0 Å². The van der Waals surface area contributed by atoms with E-state index in [1.165, 1.54) is 66.4 Å². The molecule has 2 heteroatoms. The van der Waals surface area contributed by atoms with Crippen molar-refractivity contribution in [1.29, 1.82) is 0 Å². The molecule has 14 rings (SSSR count). The zero-order chi connectivity index (χ0) is 42.6. The number of hydrogen-bond donors (Lipinski definition) is 0. The van der Waals surface area contributed by atoms with E-state index in [2.05, 4.69) is 241 Å². The lowest BCUT2D eigenvalue weighted by Gasteiger charge is -2.32. The summed E-state index contributed by atoms with van der Waals surface area (Å²) in [6.07, 6.45) is 0. The topological polar surface area (TPSA) is 16.4 Å². The van der Waals surface area contributed by atoms with E-state index in [0.717, 1.165) is 60.9 Å². The van der Waals surface area contributed by atoms with Crippen molar-refractivity contribution < 1.29 is 4.42 Å². The maximum Gasteiger partial charge on any atom is 0.143 e. The fourth-order valence-electron chi connectivity index (χ4n) is 11.7. The van der Waals surface area contributed by atoms with Gasteiger partial charge in [0, 0.05) is 32.8 Å². The Kier molecular flexibility index (Phi) is 7.64. The van der Waals surface area contributed by atoms with Gasteiger partial charge in [-0.15, -0.1) is 0 Å². The van der Waals surface area contributed by atoms with Gasteiger partial charge in [-0.05, 0) is 102 Å². The van der Waals surface area contributed by atoms with Crippen LogP contribution in [0.25, 0.3) is 88.0 Å². The first-order chi connectivity index (χ1) is 32.3. The van der Waals surface area contributed by atoms with Gasteiger partial charge in [0.05, 0.1) is 16.8 Å². The van der Waals surface area contributed by atoms with Crippen LogP contribution in [0.4, 0.5) is 17.1 Å². The predicted octanol–water partition coefficient (Wildman–Crippen LogP) is 17.0.